The second-order valence-corrected chi connectivity index (χ2v) is 35.8. The van der Waals surface area contributed by atoms with Gasteiger partial charge >= 0.3 is 31.7 Å². The molecule has 0 amide bonds. The lowest BCUT2D eigenvalue weighted by atomic mass is 9.84. The predicted octanol–water partition coefficient (Wildman–Crippen LogP) is 17.3. The molecule has 117 heavy (non-hydrogen) atoms. The summed E-state index contributed by atoms with van der Waals surface area (Å²) in [4.78, 5) is 66.5. The molecule has 3 fully saturated rings. The number of ether oxygens (including phenoxy) is 8. The molecular weight excluding hydrogens is 1520 g/mol. The molecule has 26 heteroatoms. The average Bonchev–Trinajstić information content (AvgIpc) is 0.758. The summed E-state index contributed by atoms with van der Waals surface area (Å²) in [7, 11) is -5.81. The summed E-state index contributed by atoms with van der Waals surface area (Å²) in [5.74, 6) is -1.62. The largest absolute Gasteiger partial charge is 0.472 e. The fraction of sp³-hybridized carbons (Fsp3) is 0.934. The molecule has 2 saturated heterocycles. The normalized spacial score (nSPS) is 25.6. The molecule has 25 nitrogen and oxygen atoms in total. The minimum Gasteiger partial charge on any atom is -0.463 e. The molecular formula is C91H169O25P. The molecule has 0 aromatic carbocycles. The second-order valence-electron chi connectivity index (χ2n) is 34.4. The molecule has 20 unspecified atom stereocenters. The van der Waals surface area contributed by atoms with E-state index in [2.05, 4.69) is 53.7 Å². The van der Waals surface area contributed by atoms with Crippen LogP contribution >= 0.6 is 7.82 Å². The van der Waals surface area contributed by atoms with Crippen LogP contribution in [-0.2, 0) is 70.7 Å². The third-order valence-electron chi connectivity index (χ3n) is 23.6. The van der Waals surface area contributed by atoms with Crippen molar-refractivity contribution in [3.63, 3.8) is 0 Å². The minimum absolute atomic E-state index is 0.0152. The van der Waals surface area contributed by atoms with Crippen molar-refractivity contribution in [1.29, 1.82) is 0 Å². The molecule has 0 spiro atoms. The van der Waals surface area contributed by atoms with Gasteiger partial charge in [0.1, 0.15) is 92.6 Å². The highest BCUT2D eigenvalue weighted by Crippen LogP contribution is 2.49. The molecule has 2 aliphatic heterocycles. The molecule has 0 bridgehead atoms. The monoisotopic (exact) mass is 1690 g/mol. The quantitative estimate of drug-likeness (QED) is 0.00889. The van der Waals surface area contributed by atoms with E-state index in [1.165, 1.54) is 173 Å². The molecule has 1 aliphatic carbocycles. The van der Waals surface area contributed by atoms with E-state index >= 15 is 0 Å². The first-order valence-electron chi connectivity index (χ1n) is 47.2. The number of carbonyl (C=O) groups excluding carboxylic acids is 4. The summed E-state index contributed by atoms with van der Waals surface area (Å²) >= 11 is 0. The summed E-state index contributed by atoms with van der Waals surface area (Å²) in [6.07, 6.45) is 23.7. The van der Waals surface area contributed by atoms with Crippen molar-refractivity contribution in [1.82, 2.24) is 0 Å². The first-order valence-corrected chi connectivity index (χ1v) is 48.7. The van der Waals surface area contributed by atoms with Gasteiger partial charge in [-0.2, -0.15) is 0 Å². The van der Waals surface area contributed by atoms with Gasteiger partial charge in [-0.15, -0.1) is 0 Å². The van der Waals surface area contributed by atoms with E-state index in [0.29, 0.717) is 43.9 Å². The Labute approximate surface area is 705 Å². The summed E-state index contributed by atoms with van der Waals surface area (Å²) in [6.45, 7) is 10.2. The molecule has 0 aromatic heterocycles. The molecule has 0 radical (unpaired) electrons. The van der Waals surface area contributed by atoms with Crippen molar-refractivity contribution in [3.8, 4) is 0 Å². The van der Waals surface area contributed by atoms with Gasteiger partial charge in [-0.1, -0.05) is 336 Å². The van der Waals surface area contributed by atoms with Gasteiger partial charge in [-0.3, -0.25) is 28.2 Å². The van der Waals surface area contributed by atoms with E-state index < -0.39 is 162 Å². The van der Waals surface area contributed by atoms with Gasteiger partial charge in [-0.25, -0.2) is 4.57 Å². The second kappa shape index (κ2) is 68.5. The zero-order valence-electron chi connectivity index (χ0n) is 73.6. The fourth-order valence-corrected chi connectivity index (χ4v) is 16.8. The van der Waals surface area contributed by atoms with E-state index in [1.807, 2.05) is 0 Å². The molecule has 10 N–H and O–H groups in total. The van der Waals surface area contributed by atoms with Crippen LogP contribution in [0.15, 0.2) is 12.2 Å². The Morgan fingerprint density at radius 3 is 1.11 bits per heavy atom. The number of aliphatic hydroxyl groups excluding tert-OH is 9. The van der Waals surface area contributed by atoms with Gasteiger partial charge in [0.25, 0.3) is 0 Å². The minimum atomic E-state index is -5.81. The lowest BCUT2D eigenvalue weighted by molar-refractivity contribution is -0.360. The highest BCUT2D eigenvalue weighted by Gasteiger charge is 2.60. The Morgan fingerprint density at radius 1 is 0.359 bits per heavy atom. The van der Waals surface area contributed by atoms with Crippen molar-refractivity contribution in [2.45, 2.75) is 505 Å². The Morgan fingerprint density at radius 2 is 0.692 bits per heavy atom. The number of hydrogen-bond donors (Lipinski definition) is 10. The Bertz CT molecular complexity index is 2520. The number of aliphatic hydroxyl groups is 9. The highest BCUT2D eigenvalue weighted by atomic mass is 31.2. The first kappa shape index (κ1) is 108. The van der Waals surface area contributed by atoms with Crippen LogP contribution in [0.1, 0.15) is 401 Å². The van der Waals surface area contributed by atoms with Gasteiger partial charge in [0.15, 0.2) is 24.8 Å². The molecule has 20 atom stereocenters. The number of unbranched alkanes of at least 4 members (excludes halogenated alkanes) is 41. The standard InChI is InChI=1S/C91H169O25P/c1-7-11-15-19-23-25-27-29-31-33-35-45-53-61-74(93)107-66-71(110-76(95)63-55-48-40-38-44-52-60-70(6)58-50-42-22-18-14-10-4)67-109-117(105,106)116-89-87(114-90-84(103)80(99)78(97)72(65-92)111-90)83(102)82(101)86(113-77(96)64-56-47-36-34-32-30-28-26-24-20-16-12-8-2)88(89)115-91-85(104)81(100)79(98)73(112-91)68-108-75(94)62-54-46-39-37-43-51-59-69(5)57-49-41-21-17-13-9-3/h29,31,69-73,78-92,97-104H,7-28,30,32-68H2,1-6H3,(H,105,106)/b31-29-. The number of esters is 4. The van der Waals surface area contributed by atoms with Crippen molar-refractivity contribution >= 4 is 31.7 Å². The molecule has 0 aromatic rings. The lowest BCUT2D eigenvalue weighted by Crippen LogP contribution is -2.70. The Balaban J connectivity index is 1.93. The van der Waals surface area contributed by atoms with Crippen molar-refractivity contribution in [2.24, 2.45) is 11.8 Å². The van der Waals surface area contributed by atoms with Gasteiger partial charge in [0, 0.05) is 25.7 Å². The maximum absolute atomic E-state index is 14.9. The van der Waals surface area contributed by atoms with Crippen LogP contribution in [0.4, 0.5) is 0 Å². The van der Waals surface area contributed by atoms with Crippen LogP contribution in [0.25, 0.3) is 0 Å². The van der Waals surface area contributed by atoms with E-state index in [1.54, 1.807) is 0 Å². The molecule has 3 rings (SSSR count). The molecule has 1 saturated carbocycles. The first-order chi connectivity index (χ1) is 56.5. The maximum Gasteiger partial charge on any atom is 0.472 e. The van der Waals surface area contributed by atoms with Gasteiger partial charge in [0.05, 0.1) is 13.2 Å². The summed E-state index contributed by atoms with van der Waals surface area (Å²) < 4.78 is 73.5. The number of phosphoric ester groups is 1. The zero-order chi connectivity index (χ0) is 85.7. The maximum atomic E-state index is 14.9. The molecule has 2 heterocycles. The molecule has 3 aliphatic rings. The van der Waals surface area contributed by atoms with Crippen LogP contribution in [0.3, 0.4) is 0 Å². The third kappa shape index (κ3) is 49.5. The number of rotatable bonds is 75. The summed E-state index contributed by atoms with van der Waals surface area (Å²) in [5, 5.41) is 102. The van der Waals surface area contributed by atoms with E-state index in [9.17, 15) is 74.6 Å². The smallest absolute Gasteiger partial charge is 0.463 e. The summed E-state index contributed by atoms with van der Waals surface area (Å²) in [5.41, 5.74) is 0. The topological polar surface area (TPSA) is 380 Å². The van der Waals surface area contributed by atoms with E-state index in [0.717, 1.165) is 128 Å². The number of carbonyl (C=O) groups is 4. The van der Waals surface area contributed by atoms with Crippen LogP contribution in [0.5, 0.6) is 0 Å². The highest BCUT2D eigenvalue weighted by molar-refractivity contribution is 7.47. The van der Waals surface area contributed by atoms with Crippen LogP contribution < -0.4 is 0 Å². The van der Waals surface area contributed by atoms with Crippen LogP contribution in [0, 0.1) is 11.8 Å². The number of allylic oxidation sites excluding steroid dienone is 2. The third-order valence-corrected chi connectivity index (χ3v) is 24.5. The number of phosphoric acid groups is 1. The van der Waals surface area contributed by atoms with Crippen molar-refractivity contribution in [3.05, 3.63) is 12.2 Å². The fourth-order valence-electron chi connectivity index (χ4n) is 15.9. The Kier molecular flexibility index (Phi) is 63.5. The molecule has 688 valence electrons. The summed E-state index contributed by atoms with van der Waals surface area (Å²) in [6, 6.07) is 0. The van der Waals surface area contributed by atoms with Crippen LogP contribution in [-0.4, -0.2) is 205 Å². The lowest BCUT2D eigenvalue weighted by Gasteiger charge is -2.50. The average molecular weight is 1690 g/mol. The zero-order valence-corrected chi connectivity index (χ0v) is 74.5. The SMILES string of the molecule is CCCCCCCC/C=C\CCCCCC(=O)OCC(COP(=O)(O)OC1C(OC2OC(CO)C(O)C(O)C2O)C(O)C(O)C(OC(=O)CCCCCCCCCCCCCCC)C1OC1OC(COC(=O)CCCCCCCCC(C)CCCCCCCC)C(O)C(O)C1O)OC(=O)CCCCCCCCC(C)CCCCCCCC. The van der Waals surface area contributed by atoms with Crippen LogP contribution in [0.2, 0.25) is 0 Å². The van der Waals surface area contributed by atoms with Gasteiger partial charge < -0.3 is 88.7 Å². The van der Waals surface area contributed by atoms with Gasteiger partial charge in [-0.05, 0) is 63.2 Å². The van der Waals surface area contributed by atoms with Crippen molar-refractivity contribution < 1.29 is 122 Å². The number of hydrogen-bond acceptors (Lipinski definition) is 24. The Hall–Kier alpha value is -2.79. The predicted molar refractivity (Wildman–Crippen MR) is 453 cm³/mol. The van der Waals surface area contributed by atoms with E-state index in [4.69, 9.17) is 46.9 Å². The van der Waals surface area contributed by atoms with Crippen molar-refractivity contribution in [2.75, 3.05) is 26.4 Å². The van der Waals surface area contributed by atoms with Gasteiger partial charge in [0.2, 0.25) is 0 Å². The van der Waals surface area contributed by atoms with E-state index in [-0.39, 0.29) is 25.7 Å².